The molecule has 1 aliphatic heterocycles. The first-order valence-electron chi connectivity index (χ1n) is 9.73. The maximum atomic E-state index is 12.3. The molecule has 150 valence electrons. The zero-order valence-corrected chi connectivity index (χ0v) is 16.9. The Morgan fingerprint density at radius 1 is 1.28 bits per heavy atom. The van der Waals surface area contributed by atoms with E-state index in [-0.39, 0.29) is 25.3 Å². The lowest BCUT2D eigenvalue weighted by Gasteiger charge is -2.48. The van der Waals surface area contributed by atoms with Crippen molar-refractivity contribution in [3.05, 3.63) is 29.8 Å². The average molecular weight is 411 g/mol. The highest BCUT2D eigenvalue weighted by molar-refractivity contribution is 7.89. The fraction of sp³-hybridized carbons (Fsp3) is 0.474. The molecule has 0 unspecified atom stereocenters. The van der Waals surface area contributed by atoms with Crippen LogP contribution in [0.4, 0.5) is 0 Å². The highest BCUT2D eigenvalue weighted by Gasteiger charge is 2.51. The van der Waals surface area contributed by atoms with Crippen molar-refractivity contribution >= 4 is 21.1 Å². The molecule has 3 aromatic rings. The van der Waals surface area contributed by atoms with E-state index in [0.717, 1.165) is 52.9 Å². The number of nitrogens with one attached hydrogen (secondary N) is 1. The van der Waals surface area contributed by atoms with Crippen LogP contribution in [0.15, 0.2) is 18.6 Å². The Kier molecular flexibility index (Phi) is 4.01. The van der Waals surface area contributed by atoms with E-state index in [1.54, 1.807) is 6.92 Å². The van der Waals surface area contributed by atoms with Gasteiger partial charge in [0.05, 0.1) is 18.2 Å². The second-order valence-electron chi connectivity index (χ2n) is 7.73. The van der Waals surface area contributed by atoms with E-state index in [4.69, 9.17) is 5.10 Å². The molecule has 29 heavy (non-hydrogen) atoms. The fourth-order valence-electron chi connectivity index (χ4n) is 4.54. The summed E-state index contributed by atoms with van der Waals surface area (Å²) < 4.78 is 28.0. The average Bonchev–Trinajstić information content (AvgIpc) is 3.40. The van der Waals surface area contributed by atoms with Crippen LogP contribution in [0.5, 0.6) is 0 Å². The van der Waals surface area contributed by atoms with Crippen molar-refractivity contribution in [2.45, 2.75) is 38.1 Å². The molecule has 1 N–H and O–H groups in total. The van der Waals surface area contributed by atoms with Crippen LogP contribution in [0.25, 0.3) is 22.4 Å². The van der Waals surface area contributed by atoms with Gasteiger partial charge in [-0.1, -0.05) is 0 Å². The first-order chi connectivity index (χ1) is 14.0. The molecule has 1 fully saturated rings. The predicted molar refractivity (Wildman–Crippen MR) is 106 cm³/mol. The summed E-state index contributed by atoms with van der Waals surface area (Å²) in [5.41, 5.74) is 3.99. The van der Waals surface area contributed by atoms with Gasteiger partial charge in [-0.25, -0.2) is 18.4 Å². The van der Waals surface area contributed by atoms with Gasteiger partial charge in [0.1, 0.15) is 28.9 Å². The molecule has 0 radical (unpaired) electrons. The molecule has 1 aliphatic carbocycles. The van der Waals surface area contributed by atoms with E-state index in [2.05, 4.69) is 21.0 Å². The van der Waals surface area contributed by atoms with E-state index in [1.165, 1.54) is 10.6 Å². The second-order valence-corrected chi connectivity index (χ2v) is 9.99. The van der Waals surface area contributed by atoms with Gasteiger partial charge in [0.25, 0.3) is 0 Å². The summed E-state index contributed by atoms with van der Waals surface area (Å²) >= 11 is 0. The van der Waals surface area contributed by atoms with Crippen LogP contribution >= 0.6 is 0 Å². The minimum Gasteiger partial charge on any atom is -0.346 e. The Balaban J connectivity index is 1.63. The van der Waals surface area contributed by atoms with Crippen LogP contribution in [0, 0.1) is 11.3 Å². The Labute approximate surface area is 168 Å². The monoisotopic (exact) mass is 411 g/mol. The zero-order chi connectivity index (χ0) is 20.2. The smallest absolute Gasteiger partial charge is 0.213 e. The number of rotatable bonds is 5. The first kappa shape index (κ1) is 18.3. The van der Waals surface area contributed by atoms with E-state index < -0.39 is 15.6 Å². The molecule has 0 amide bonds. The van der Waals surface area contributed by atoms with Gasteiger partial charge in [-0.2, -0.15) is 14.7 Å². The molecule has 5 rings (SSSR count). The van der Waals surface area contributed by atoms with Gasteiger partial charge in [0.15, 0.2) is 0 Å². The molecule has 0 atom stereocenters. The summed E-state index contributed by atoms with van der Waals surface area (Å²) in [5, 5.41) is 15.3. The fourth-order valence-corrected chi connectivity index (χ4v) is 5.78. The first-order valence-corrected chi connectivity index (χ1v) is 11.3. The molecule has 0 bridgehead atoms. The van der Waals surface area contributed by atoms with Gasteiger partial charge in [-0.15, -0.1) is 0 Å². The molecule has 0 aromatic carbocycles. The maximum absolute atomic E-state index is 12.3. The van der Waals surface area contributed by atoms with Gasteiger partial charge in [0.2, 0.25) is 10.0 Å². The van der Waals surface area contributed by atoms with Crippen molar-refractivity contribution in [3.8, 4) is 17.5 Å². The highest BCUT2D eigenvalue weighted by Crippen LogP contribution is 2.41. The summed E-state index contributed by atoms with van der Waals surface area (Å²) in [5.74, 6) is 0.0600. The Morgan fingerprint density at radius 3 is 2.86 bits per heavy atom. The maximum Gasteiger partial charge on any atom is 0.213 e. The summed E-state index contributed by atoms with van der Waals surface area (Å²) in [7, 11) is -3.28. The lowest BCUT2D eigenvalue weighted by Crippen LogP contribution is -2.64. The molecule has 10 heteroatoms. The number of nitrogens with zero attached hydrogens (tertiary/aromatic N) is 6. The number of aromatic nitrogens is 5. The molecule has 9 nitrogen and oxygen atoms in total. The zero-order valence-electron chi connectivity index (χ0n) is 16.1. The van der Waals surface area contributed by atoms with Gasteiger partial charge in [0, 0.05) is 35.9 Å². The van der Waals surface area contributed by atoms with Crippen molar-refractivity contribution in [1.82, 2.24) is 29.0 Å². The van der Waals surface area contributed by atoms with Crippen molar-refractivity contribution < 1.29 is 8.42 Å². The van der Waals surface area contributed by atoms with Crippen LogP contribution in [-0.4, -0.2) is 56.3 Å². The van der Waals surface area contributed by atoms with Crippen molar-refractivity contribution in [3.63, 3.8) is 0 Å². The predicted octanol–water partition coefficient (Wildman–Crippen LogP) is 1.58. The number of H-pyrrole nitrogens is 1. The molecule has 3 aromatic heterocycles. The van der Waals surface area contributed by atoms with Crippen LogP contribution in [0.3, 0.4) is 0 Å². The summed E-state index contributed by atoms with van der Waals surface area (Å²) in [6.07, 6.45) is 6.37. The van der Waals surface area contributed by atoms with E-state index in [9.17, 15) is 13.7 Å². The van der Waals surface area contributed by atoms with Crippen molar-refractivity contribution in [2.24, 2.45) is 0 Å². The topological polar surface area (TPSA) is 121 Å². The Hall–Kier alpha value is -2.77. The lowest BCUT2D eigenvalue weighted by molar-refractivity contribution is 0.0692. The SMILES string of the molecule is CCS(=O)(=O)N1CC(CC#N)(n2nc(-c3ncnc4[nH]ccc34)c3c2CCC3)C1. The van der Waals surface area contributed by atoms with Gasteiger partial charge < -0.3 is 4.98 Å². The number of aromatic amines is 1. The molecular formula is C19H21N7O2S. The van der Waals surface area contributed by atoms with Gasteiger partial charge >= 0.3 is 0 Å². The number of hydrogen-bond donors (Lipinski definition) is 1. The molecule has 4 heterocycles. The molecule has 0 spiro atoms. The molecule has 0 saturated carbocycles. The minimum absolute atomic E-state index is 0.0600. The van der Waals surface area contributed by atoms with Gasteiger partial charge in [-0.3, -0.25) is 4.68 Å². The Morgan fingerprint density at radius 2 is 2.10 bits per heavy atom. The molecular weight excluding hydrogens is 390 g/mol. The normalized spacial score (nSPS) is 18.5. The summed E-state index contributed by atoms with van der Waals surface area (Å²) in [6, 6.07) is 4.19. The second kappa shape index (κ2) is 6.37. The summed E-state index contributed by atoms with van der Waals surface area (Å²) in [4.78, 5) is 11.9. The van der Waals surface area contributed by atoms with Crippen molar-refractivity contribution in [2.75, 3.05) is 18.8 Å². The van der Waals surface area contributed by atoms with Crippen LogP contribution in [0.2, 0.25) is 0 Å². The van der Waals surface area contributed by atoms with Crippen LogP contribution in [-0.2, 0) is 28.4 Å². The van der Waals surface area contributed by atoms with Gasteiger partial charge in [-0.05, 0) is 32.3 Å². The third-order valence-electron chi connectivity index (χ3n) is 6.07. The van der Waals surface area contributed by atoms with E-state index in [1.807, 2.05) is 16.9 Å². The third kappa shape index (κ3) is 2.61. The quantitative estimate of drug-likeness (QED) is 0.680. The third-order valence-corrected chi connectivity index (χ3v) is 7.84. The minimum atomic E-state index is -3.28. The van der Waals surface area contributed by atoms with Crippen molar-refractivity contribution in [1.29, 1.82) is 5.26 Å². The van der Waals surface area contributed by atoms with Crippen LogP contribution in [0.1, 0.15) is 31.0 Å². The number of nitriles is 1. The van der Waals surface area contributed by atoms with E-state index >= 15 is 0 Å². The van der Waals surface area contributed by atoms with Crippen LogP contribution < -0.4 is 0 Å². The summed E-state index contributed by atoms with van der Waals surface area (Å²) in [6.45, 7) is 2.21. The van der Waals surface area contributed by atoms with E-state index in [0.29, 0.717) is 0 Å². The number of sulfonamides is 1. The largest absolute Gasteiger partial charge is 0.346 e. The Bertz CT molecular complexity index is 1250. The molecule has 1 saturated heterocycles. The molecule has 2 aliphatic rings. The number of hydrogen-bond acceptors (Lipinski definition) is 6. The highest BCUT2D eigenvalue weighted by atomic mass is 32.2. The lowest BCUT2D eigenvalue weighted by atomic mass is 9.89. The number of fused-ring (bicyclic) bond motifs is 2. The standard InChI is InChI=1S/C19H21N7O2S/c1-2-29(27,28)25-10-19(11-25,7-8-20)26-15-5-3-4-13(15)17(24-26)16-14-6-9-21-18(14)23-12-22-16/h6,9,12H,2-5,7,10-11H2,1H3,(H,21,22,23).